The number of hydrogen-bond donors (Lipinski definition) is 1. The van der Waals surface area contributed by atoms with Crippen LogP contribution >= 0.6 is 0 Å². The van der Waals surface area contributed by atoms with Gasteiger partial charge in [0.25, 0.3) is 0 Å². The van der Waals surface area contributed by atoms with Gasteiger partial charge in [0, 0.05) is 0 Å². The van der Waals surface area contributed by atoms with Gasteiger partial charge in [-0.2, -0.15) is 0 Å². The molecule has 0 aromatic carbocycles. The van der Waals surface area contributed by atoms with Crippen LogP contribution in [-0.2, 0) is 9.59 Å². The Labute approximate surface area is 139 Å². The van der Waals surface area contributed by atoms with Crippen molar-refractivity contribution in [3.8, 4) is 0 Å². The van der Waals surface area contributed by atoms with Gasteiger partial charge < -0.3 is 5.11 Å². The number of allylic oxidation sites excluding steroid dienone is 4. The van der Waals surface area contributed by atoms with Crippen LogP contribution < -0.4 is 0 Å². The van der Waals surface area contributed by atoms with Gasteiger partial charge in [-0.1, -0.05) is 31.1 Å². The number of rotatable bonds is 5. The van der Waals surface area contributed by atoms with E-state index in [0.29, 0.717) is 5.92 Å². The Balaban J connectivity index is 2.31. The first-order valence-corrected chi connectivity index (χ1v) is 8.80. The summed E-state index contributed by atoms with van der Waals surface area (Å²) >= 11 is 0. The van der Waals surface area contributed by atoms with Crippen LogP contribution in [0.2, 0.25) is 0 Å². The van der Waals surface area contributed by atoms with Crippen LogP contribution in [0.5, 0.6) is 0 Å². The molecule has 1 N–H and O–H groups in total. The summed E-state index contributed by atoms with van der Waals surface area (Å²) < 4.78 is 0. The molecular weight excluding hydrogens is 288 g/mol. The molecule has 128 valence electrons. The van der Waals surface area contributed by atoms with Crippen LogP contribution in [0.15, 0.2) is 23.3 Å². The first-order chi connectivity index (χ1) is 10.8. The van der Waals surface area contributed by atoms with Gasteiger partial charge in [-0.3, -0.25) is 9.59 Å². The molecule has 2 rings (SSSR count). The number of fused-ring (bicyclic) bond motifs is 1. The molecule has 1 saturated carbocycles. The number of hydrogen-bond acceptors (Lipinski definition) is 2. The maximum Gasteiger partial charge on any atom is 0.309 e. The maximum absolute atomic E-state index is 11.9. The molecule has 0 saturated heterocycles. The molecule has 0 heterocycles. The van der Waals surface area contributed by atoms with E-state index in [4.69, 9.17) is 0 Å². The number of carbonyl (C=O) groups excluding carboxylic acids is 1. The van der Waals surface area contributed by atoms with Crippen molar-refractivity contribution in [1.29, 1.82) is 0 Å². The summed E-state index contributed by atoms with van der Waals surface area (Å²) in [6, 6.07) is 0. The SMILES string of the molecule is CC(=CC=O)CCC1(C)C2=CCCC(C)(C(=O)O)C2CCC1C. The monoisotopic (exact) mass is 318 g/mol. The lowest BCUT2D eigenvalue weighted by molar-refractivity contribution is -0.152. The third kappa shape index (κ3) is 3.15. The molecule has 0 amide bonds. The Kier molecular flexibility index (Phi) is 5.17. The Morgan fingerprint density at radius 2 is 2.09 bits per heavy atom. The normalized spacial score (nSPS) is 37.7. The van der Waals surface area contributed by atoms with Gasteiger partial charge in [-0.25, -0.2) is 0 Å². The average Bonchev–Trinajstić information content (AvgIpc) is 2.50. The van der Waals surface area contributed by atoms with Crippen LogP contribution in [0.1, 0.15) is 66.2 Å². The van der Waals surface area contributed by atoms with Gasteiger partial charge in [0.15, 0.2) is 0 Å². The molecule has 2 aliphatic rings. The first-order valence-electron chi connectivity index (χ1n) is 8.80. The van der Waals surface area contributed by atoms with Gasteiger partial charge >= 0.3 is 5.97 Å². The molecule has 0 radical (unpaired) electrons. The summed E-state index contributed by atoms with van der Waals surface area (Å²) in [5, 5.41) is 9.79. The largest absolute Gasteiger partial charge is 0.481 e. The second-order valence-corrected chi connectivity index (χ2v) is 8.02. The fourth-order valence-corrected chi connectivity index (χ4v) is 4.62. The second-order valence-electron chi connectivity index (χ2n) is 8.02. The number of carbonyl (C=O) groups is 2. The van der Waals surface area contributed by atoms with Crippen LogP contribution in [0.3, 0.4) is 0 Å². The van der Waals surface area contributed by atoms with E-state index in [2.05, 4.69) is 19.9 Å². The Hall–Kier alpha value is -1.38. The number of aliphatic carboxylic acids is 1. The molecular formula is C20H30O3. The summed E-state index contributed by atoms with van der Waals surface area (Å²) in [7, 11) is 0. The third-order valence-corrected chi connectivity index (χ3v) is 6.69. The Morgan fingerprint density at radius 1 is 1.39 bits per heavy atom. The van der Waals surface area contributed by atoms with E-state index in [1.807, 2.05) is 13.8 Å². The molecule has 3 nitrogen and oxygen atoms in total. The van der Waals surface area contributed by atoms with Crippen molar-refractivity contribution in [3.05, 3.63) is 23.3 Å². The van der Waals surface area contributed by atoms with E-state index in [0.717, 1.165) is 50.4 Å². The Morgan fingerprint density at radius 3 is 2.70 bits per heavy atom. The predicted molar refractivity (Wildman–Crippen MR) is 92.1 cm³/mol. The minimum atomic E-state index is -0.651. The van der Waals surface area contributed by atoms with Crippen molar-refractivity contribution >= 4 is 12.3 Å². The molecule has 4 atom stereocenters. The van der Waals surface area contributed by atoms with Gasteiger partial charge in [0.2, 0.25) is 0 Å². The topological polar surface area (TPSA) is 54.4 Å². The molecule has 0 bridgehead atoms. The number of aldehydes is 1. The highest BCUT2D eigenvalue weighted by Gasteiger charge is 2.52. The standard InChI is InChI=1S/C20H30O3/c1-14(10-13-21)9-12-19(3)15(2)7-8-17-16(19)6-5-11-20(17,4)18(22)23/h6,10,13,15,17H,5,7-9,11-12H2,1-4H3,(H,22,23). The zero-order chi connectivity index (χ0) is 17.3. The van der Waals surface area contributed by atoms with Crippen LogP contribution in [0.4, 0.5) is 0 Å². The summed E-state index contributed by atoms with van der Waals surface area (Å²) in [6.07, 6.45) is 10.4. The highest BCUT2D eigenvalue weighted by molar-refractivity contribution is 5.75. The molecule has 3 heteroatoms. The van der Waals surface area contributed by atoms with E-state index >= 15 is 0 Å². The average molecular weight is 318 g/mol. The lowest BCUT2D eigenvalue weighted by atomic mass is 9.51. The molecule has 0 spiro atoms. The van der Waals surface area contributed by atoms with Crippen molar-refractivity contribution < 1.29 is 14.7 Å². The van der Waals surface area contributed by atoms with Crippen LogP contribution in [0.25, 0.3) is 0 Å². The third-order valence-electron chi connectivity index (χ3n) is 6.69. The van der Waals surface area contributed by atoms with Gasteiger partial charge in [-0.15, -0.1) is 0 Å². The van der Waals surface area contributed by atoms with E-state index in [-0.39, 0.29) is 11.3 Å². The van der Waals surface area contributed by atoms with Crippen molar-refractivity contribution in [3.63, 3.8) is 0 Å². The lowest BCUT2D eigenvalue weighted by Crippen LogP contribution is -2.47. The zero-order valence-corrected chi connectivity index (χ0v) is 14.9. The quantitative estimate of drug-likeness (QED) is 0.451. The van der Waals surface area contributed by atoms with Crippen molar-refractivity contribution in [2.45, 2.75) is 66.2 Å². The minimum absolute atomic E-state index is 0.0397. The van der Waals surface area contributed by atoms with E-state index in [1.54, 1.807) is 6.08 Å². The van der Waals surface area contributed by atoms with Gasteiger partial charge in [0.1, 0.15) is 6.29 Å². The van der Waals surface area contributed by atoms with Gasteiger partial charge in [-0.05, 0) is 75.7 Å². The first kappa shape index (κ1) is 18.0. The minimum Gasteiger partial charge on any atom is -0.481 e. The molecule has 1 fully saturated rings. The number of carboxylic acid groups (broad SMARTS) is 1. The second kappa shape index (κ2) is 6.62. The smallest absolute Gasteiger partial charge is 0.309 e. The molecule has 23 heavy (non-hydrogen) atoms. The highest BCUT2D eigenvalue weighted by Crippen LogP contribution is 2.58. The van der Waals surface area contributed by atoms with E-state index in [9.17, 15) is 14.7 Å². The molecule has 0 aromatic rings. The van der Waals surface area contributed by atoms with Crippen molar-refractivity contribution in [2.24, 2.45) is 22.7 Å². The predicted octanol–water partition coefficient (Wildman–Crippen LogP) is 4.78. The molecule has 0 aliphatic heterocycles. The number of carboxylic acids is 1. The van der Waals surface area contributed by atoms with Crippen LogP contribution in [0, 0.1) is 22.7 Å². The molecule has 0 aromatic heterocycles. The fourth-order valence-electron chi connectivity index (χ4n) is 4.62. The van der Waals surface area contributed by atoms with E-state index < -0.39 is 11.4 Å². The summed E-state index contributed by atoms with van der Waals surface area (Å²) in [6.45, 7) is 8.53. The summed E-state index contributed by atoms with van der Waals surface area (Å²) in [5.41, 5.74) is 1.89. The van der Waals surface area contributed by atoms with Crippen molar-refractivity contribution in [1.82, 2.24) is 0 Å². The lowest BCUT2D eigenvalue weighted by Gasteiger charge is -2.52. The van der Waals surface area contributed by atoms with Gasteiger partial charge in [0.05, 0.1) is 5.41 Å². The van der Waals surface area contributed by atoms with Crippen LogP contribution in [-0.4, -0.2) is 17.4 Å². The highest BCUT2D eigenvalue weighted by atomic mass is 16.4. The fraction of sp³-hybridized carbons (Fsp3) is 0.700. The summed E-state index contributed by atoms with van der Waals surface area (Å²) in [5.74, 6) is 0.0533. The molecule has 2 aliphatic carbocycles. The van der Waals surface area contributed by atoms with Crippen molar-refractivity contribution in [2.75, 3.05) is 0 Å². The molecule has 4 unspecified atom stereocenters. The maximum atomic E-state index is 11.9. The Bertz CT molecular complexity index is 545. The summed E-state index contributed by atoms with van der Waals surface area (Å²) in [4.78, 5) is 22.5. The van der Waals surface area contributed by atoms with E-state index in [1.165, 1.54) is 5.57 Å². The zero-order valence-electron chi connectivity index (χ0n) is 14.9.